The van der Waals surface area contributed by atoms with Crippen LogP contribution in [0.1, 0.15) is 81.1 Å². The minimum atomic E-state index is 0.228. The first-order valence-corrected chi connectivity index (χ1v) is 15.3. The fourth-order valence-corrected chi connectivity index (χ4v) is 5.34. The maximum Gasteiger partial charge on any atom is 0.0494 e. The molecule has 2 rings (SSSR count). The third-order valence-electron chi connectivity index (χ3n) is 7.82. The summed E-state index contributed by atoms with van der Waals surface area (Å²) >= 11 is 0. The van der Waals surface area contributed by atoms with Gasteiger partial charge in [0.2, 0.25) is 0 Å². The summed E-state index contributed by atoms with van der Waals surface area (Å²) in [4.78, 5) is 4.86. The molecule has 2 aliphatic rings. The molecule has 0 saturated heterocycles. The number of allylic oxidation sites excluding steroid dienone is 19. The molecule has 0 fully saturated rings. The van der Waals surface area contributed by atoms with Gasteiger partial charge in [-0.05, 0) is 115 Å². The molecule has 1 aliphatic heterocycles. The van der Waals surface area contributed by atoms with E-state index in [0.717, 1.165) is 25.7 Å². The number of hydrogen-bond donors (Lipinski definition) is 0. The molecule has 1 unspecified atom stereocenters. The predicted molar refractivity (Wildman–Crippen MR) is 183 cm³/mol. The Hall–Kier alpha value is -3.52. The molecule has 0 spiro atoms. The van der Waals surface area contributed by atoms with Gasteiger partial charge in [-0.3, -0.25) is 0 Å². The second kappa shape index (κ2) is 17.3. The Morgan fingerprint density at radius 1 is 1.10 bits per heavy atom. The van der Waals surface area contributed by atoms with Crippen molar-refractivity contribution in [3.8, 4) is 0 Å². The van der Waals surface area contributed by atoms with Gasteiger partial charge in [-0.25, -0.2) is 0 Å². The number of nitrogens with zero attached hydrogens (tertiary/aromatic N) is 2. The van der Waals surface area contributed by atoms with E-state index in [0.29, 0.717) is 6.04 Å². The minimum absolute atomic E-state index is 0.228. The first kappa shape index (κ1) is 33.7. The van der Waals surface area contributed by atoms with E-state index in [-0.39, 0.29) is 6.04 Å². The average Bonchev–Trinajstić information content (AvgIpc) is 3.18. The molecule has 220 valence electrons. The third-order valence-corrected chi connectivity index (χ3v) is 7.82. The molecule has 1 atom stereocenters. The van der Waals surface area contributed by atoms with Crippen LogP contribution in [0.3, 0.4) is 0 Å². The summed E-state index contributed by atoms with van der Waals surface area (Å²) in [5, 5.41) is 0. The van der Waals surface area contributed by atoms with E-state index in [1.807, 2.05) is 12.2 Å². The maximum atomic E-state index is 3.90. The molecule has 0 N–H and O–H groups in total. The molecule has 0 bridgehead atoms. The van der Waals surface area contributed by atoms with Crippen LogP contribution in [-0.2, 0) is 0 Å². The van der Waals surface area contributed by atoms with Crippen molar-refractivity contribution < 1.29 is 0 Å². The predicted octanol–water partition coefficient (Wildman–Crippen LogP) is 10.8. The van der Waals surface area contributed by atoms with Crippen LogP contribution in [0.5, 0.6) is 0 Å². The molecule has 2 heteroatoms. The summed E-state index contributed by atoms with van der Waals surface area (Å²) in [6.45, 7) is 21.6. The lowest BCUT2D eigenvalue weighted by Crippen LogP contribution is -2.30. The first-order chi connectivity index (χ1) is 19.7. The van der Waals surface area contributed by atoms with Gasteiger partial charge in [0.25, 0.3) is 0 Å². The fraction of sp³-hybridized carbons (Fsp3) is 0.385. The van der Waals surface area contributed by atoms with Crippen LogP contribution in [0, 0.1) is 0 Å². The molecule has 0 aromatic rings. The second-order valence-electron chi connectivity index (χ2n) is 11.1. The van der Waals surface area contributed by atoms with Crippen LogP contribution in [0.2, 0.25) is 0 Å². The lowest BCUT2D eigenvalue weighted by Gasteiger charge is -2.33. The van der Waals surface area contributed by atoms with Gasteiger partial charge in [0.1, 0.15) is 0 Å². The zero-order chi connectivity index (χ0) is 30.4. The van der Waals surface area contributed by atoms with E-state index in [9.17, 15) is 0 Å². The van der Waals surface area contributed by atoms with Crippen molar-refractivity contribution in [2.24, 2.45) is 0 Å². The molecule has 0 aromatic carbocycles. The summed E-state index contributed by atoms with van der Waals surface area (Å²) in [5.41, 5.74) is 10.3. The molecular formula is C39H54N2. The van der Waals surface area contributed by atoms with Crippen LogP contribution in [-0.4, -0.2) is 28.9 Å². The van der Waals surface area contributed by atoms with Crippen molar-refractivity contribution in [3.63, 3.8) is 0 Å². The molecular weight excluding hydrogens is 496 g/mol. The van der Waals surface area contributed by atoms with Gasteiger partial charge >= 0.3 is 0 Å². The van der Waals surface area contributed by atoms with Gasteiger partial charge in [-0.2, -0.15) is 0 Å². The van der Waals surface area contributed by atoms with Crippen molar-refractivity contribution in [2.75, 3.05) is 7.05 Å². The highest BCUT2D eigenvalue weighted by molar-refractivity contribution is 5.53. The van der Waals surface area contributed by atoms with Crippen molar-refractivity contribution >= 4 is 0 Å². The summed E-state index contributed by atoms with van der Waals surface area (Å²) in [6.07, 6.45) is 37.4. The largest absolute Gasteiger partial charge is 0.375 e. The molecule has 1 aliphatic carbocycles. The van der Waals surface area contributed by atoms with Gasteiger partial charge in [0.15, 0.2) is 0 Å². The van der Waals surface area contributed by atoms with Crippen LogP contribution in [0.4, 0.5) is 0 Å². The Morgan fingerprint density at radius 3 is 2.49 bits per heavy atom. The topological polar surface area (TPSA) is 6.48 Å². The van der Waals surface area contributed by atoms with E-state index >= 15 is 0 Å². The molecule has 0 radical (unpaired) electrons. The smallest absolute Gasteiger partial charge is 0.0494 e. The highest BCUT2D eigenvalue weighted by Gasteiger charge is 2.20. The van der Waals surface area contributed by atoms with Crippen LogP contribution in [0.25, 0.3) is 0 Å². The standard InChI is InChI=1S/C39H54N2/c1-11-15-25-36(14-4)41-33(9)23-18-16-19-24-35(38(41)22-12-2)28-31(7)34(13-3)29-32(8)37-26-20-17-21-27-39(37)40(10)30(5)6/h11-15,17-18,20-23,25-26,28-30,33H,1,16,19,24,27H2,2-10H3/b22-12-,23-18-,25-15-,31-28+,32-29+,34-13+,36-14+,38-35+. The summed E-state index contributed by atoms with van der Waals surface area (Å²) < 4.78 is 0. The van der Waals surface area contributed by atoms with Crippen molar-refractivity contribution in [1.29, 1.82) is 0 Å². The first-order valence-electron chi connectivity index (χ1n) is 15.3. The molecule has 0 aromatic heterocycles. The van der Waals surface area contributed by atoms with E-state index in [2.05, 4.69) is 158 Å². The van der Waals surface area contributed by atoms with E-state index in [1.165, 1.54) is 45.0 Å². The van der Waals surface area contributed by atoms with Crippen molar-refractivity contribution in [1.82, 2.24) is 9.80 Å². The zero-order valence-corrected chi connectivity index (χ0v) is 27.2. The Labute approximate surface area is 252 Å². The summed E-state index contributed by atoms with van der Waals surface area (Å²) in [6, 6.07) is 0.671. The monoisotopic (exact) mass is 550 g/mol. The average molecular weight is 551 g/mol. The van der Waals surface area contributed by atoms with Crippen LogP contribution >= 0.6 is 0 Å². The van der Waals surface area contributed by atoms with E-state index < -0.39 is 0 Å². The molecule has 0 amide bonds. The molecule has 41 heavy (non-hydrogen) atoms. The Kier molecular flexibility index (Phi) is 14.2. The Balaban J connectivity index is 2.69. The van der Waals surface area contributed by atoms with Gasteiger partial charge < -0.3 is 9.80 Å². The molecule has 0 saturated carbocycles. The highest BCUT2D eigenvalue weighted by Crippen LogP contribution is 2.31. The van der Waals surface area contributed by atoms with Gasteiger partial charge in [0, 0.05) is 42.6 Å². The van der Waals surface area contributed by atoms with Crippen molar-refractivity contribution in [2.45, 2.75) is 93.2 Å². The van der Waals surface area contributed by atoms with Gasteiger partial charge in [0.05, 0.1) is 0 Å². The van der Waals surface area contributed by atoms with Gasteiger partial charge in [-0.1, -0.05) is 85.6 Å². The lowest BCUT2D eigenvalue weighted by molar-refractivity contribution is 0.336. The van der Waals surface area contributed by atoms with Gasteiger partial charge in [-0.15, -0.1) is 0 Å². The van der Waals surface area contributed by atoms with E-state index in [4.69, 9.17) is 0 Å². The zero-order valence-electron chi connectivity index (χ0n) is 27.2. The molecule has 1 heterocycles. The minimum Gasteiger partial charge on any atom is -0.375 e. The quantitative estimate of drug-likeness (QED) is 0.197. The van der Waals surface area contributed by atoms with Crippen LogP contribution < -0.4 is 0 Å². The number of rotatable bonds is 10. The SMILES string of the molecule is C=C/C=C\C(=C/C)N1C(/C=C\C)=C(/C=C(C)/C(/C=C(\C)C2=C(N(C)C(C)C)CC=CC=C2)=C/C)CCC/C=C\C1C. The lowest BCUT2D eigenvalue weighted by atomic mass is 9.95. The van der Waals surface area contributed by atoms with E-state index in [1.54, 1.807) is 0 Å². The second-order valence-corrected chi connectivity index (χ2v) is 11.1. The number of hydrogen-bond acceptors (Lipinski definition) is 2. The molecule has 2 nitrogen and oxygen atoms in total. The third kappa shape index (κ3) is 9.52. The highest BCUT2D eigenvalue weighted by atomic mass is 15.2. The van der Waals surface area contributed by atoms with Crippen molar-refractivity contribution in [3.05, 3.63) is 143 Å². The summed E-state index contributed by atoms with van der Waals surface area (Å²) in [7, 11) is 2.21. The van der Waals surface area contributed by atoms with Crippen LogP contribution in [0.15, 0.2) is 143 Å². The summed E-state index contributed by atoms with van der Waals surface area (Å²) in [5.74, 6) is 0. The fourth-order valence-electron chi connectivity index (χ4n) is 5.34. The Bertz CT molecular complexity index is 1240. The normalized spacial score (nSPS) is 22.9. The Morgan fingerprint density at radius 2 is 1.85 bits per heavy atom. The maximum absolute atomic E-state index is 3.90.